The van der Waals surface area contributed by atoms with Crippen molar-refractivity contribution >= 4 is 0 Å². The summed E-state index contributed by atoms with van der Waals surface area (Å²) in [5, 5.41) is 0. The summed E-state index contributed by atoms with van der Waals surface area (Å²) in [7, 11) is 0. The van der Waals surface area contributed by atoms with Gasteiger partial charge in [0.25, 0.3) is 0 Å². The molecule has 2 aromatic rings. The Morgan fingerprint density at radius 3 is 2.25 bits per heavy atom. The van der Waals surface area contributed by atoms with Crippen LogP contribution in [0.1, 0.15) is 62.9 Å². The Labute approximate surface area is 145 Å². The molecule has 24 heavy (non-hydrogen) atoms. The maximum atomic E-state index is 5.54. The highest BCUT2D eigenvalue weighted by molar-refractivity contribution is 5.39. The van der Waals surface area contributed by atoms with E-state index in [4.69, 9.17) is 4.74 Å². The molecule has 0 bridgehead atoms. The van der Waals surface area contributed by atoms with Gasteiger partial charge in [0.15, 0.2) is 5.75 Å². The Morgan fingerprint density at radius 1 is 0.875 bits per heavy atom. The zero-order valence-electron chi connectivity index (χ0n) is 14.7. The molecule has 0 amide bonds. The van der Waals surface area contributed by atoms with Crippen LogP contribution in [0.4, 0.5) is 0 Å². The van der Waals surface area contributed by atoms with E-state index in [2.05, 4.69) is 59.9 Å². The molecule has 0 aliphatic rings. The number of unbranched alkanes of at least 4 members (excludes halogenated alkanes) is 3. The SMILES string of the molecule is CCCCCc1ccc(C#Cc2ncc(OCCCC)cn2)cc1. The van der Waals surface area contributed by atoms with Gasteiger partial charge in [-0.25, -0.2) is 9.97 Å². The first-order valence-corrected chi connectivity index (χ1v) is 8.87. The molecule has 1 aromatic heterocycles. The third kappa shape index (κ3) is 6.42. The first kappa shape index (κ1) is 18.0. The lowest BCUT2D eigenvalue weighted by atomic mass is 10.1. The second kappa shape index (κ2) is 10.4. The van der Waals surface area contributed by atoms with Crippen molar-refractivity contribution in [3.05, 3.63) is 53.6 Å². The number of hydrogen-bond acceptors (Lipinski definition) is 3. The minimum absolute atomic E-state index is 0.518. The Hall–Kier alpha value is -2.34. The molecule has 3 heteroatoms. The molecular weight excluding hydrogens is 296 g/mol. The zero-order valence-corrected chi connectivity index (χ0v) is 14.7. The van der Waals surface area contributed by atoms with Gasteiger partial charge in [0.05, 0.1) is 19.0 Å². The summed E-state index contributed by atoms with van der Waals surface area (Å²) in [6.07, 6.45) is 10.5. The average molecular weight is 322 g/mol. The Kier molecular flexibility index (Phi) is 7.83. The van der Waals surface area contributed by atoms with Gasteiger partial charge < -0.3 is 4.74 Å². The van der Waals surface area contributed by atoms with Crippen LogP contribution in [0, 0.1) is 11.8 Å². The van der Waals surface area contributed by atoms with Gasteiger partial charge >= 0.3 is 0 Å². The van der Waals surface area contributed by atoms with Crippen LogP contribution in [0.5, 0.6) is 5.75 Å². The lowest BCUT2D eigenvalue weighted by Gasteiger charge is -2.03. The van der Waals surface area contributed by atoms with Crippen molar-refractivity contribution in [2.24, 2.45) is 0 Å². The summed E-state index contributed by atoms with van der Waals surface area (Å²) in [6, 6.07) is 8.45. The quantitative estimate of drug-likeness (QED) is 0.518. The second-order valence-electron chi connectivity index (χ2n) is 5.85. The molecule has 0 unspecified atom stereocenters. The van der Waals surface area contributed by atoms with Crippen molar-refractivity contribution in [1.82, 2.24) is 9.97 Å². The van der Waals surface area contributed by atoms with Crippen LogP contribution >= 0.6 is 0 Å². The smallest absolute Gasteiger partial charge is 0.205 e. The fourth-order valence-electron chi connectivity index (χ4n) is 2.25. The van der Waals surface area contributed by atoms with Crippen LogP contribution in [-0.2, 0) is 6.42 Å². The molecule has 0 aliphatic heterocycles. The molecule has 0 atom stereocenters. The van der Waals surface area contributed by atoms with E-state index < -0.39 is 0 Å². The minimum atomic E-state index is 0.518. The monoisotopic (exact) mass is 322 g/mol. The Balaban J connectivity index is 1.89. The van der Waals surface area contributed by atoms with Crippen LogP contribution in [0.2, 0.25) is 0 Å². The largest absolute Gasteiger partial charge is 0.490 e. The molecule has 3 nitrogen and oxygen atoms in total. The van der Waals surface area contributed by atoms with E-state index in [0.29, 0.717) is 18.2 Å². The third-order valence-electron chi connectivity index (χ3n) is 3.74. The fourth-order valence-corrected chi connectivity index (χ4v) is 2.25. The van der Waals surface area contributed by atoms with Gasteiger partial charge in [-0.3, -0.25) is 0 Å². The molecule has 0 aliphatic carbocycles. The van der Waals surface area contributed by atoms with Crippen LogP contribution in [-0.4, -0.2) is 16.6 Å². The van der Waals surface area contributed by atoms with E-state index in [0.717, 1.165) is 24.8 Å². The van der Waals surface area contributed by atoms with Gasteiger partial charge in [0.1, 0.15) is 0 Å². The van der Waals surface area contributed by atoms with E-state index in [1.165, 1.54) is 24.8 Å². The van der Waals surface area contributed by atoms with Gasteiger partial charge in [0.2, 0.25) is 5.82 Å². The van der Waals surface area contributed by atoms with Gasteiger partial charge in [-0.1, -0.05) is 51.2 Å². The molecule has 0 N–H and O–H groups in total. The van der Waals surface area contributed by atoms with Gasteiger partial charge in [-0.05, 0) is 42.9 Å². The van der Waals surface area contributed by atoms with Gasteiger partial charge in [-0.15, -0.1) is 0 Å². The lowest BCUT2D eigenvalue weighted by Crippen LogP contribution is -1.98. The summed E-state index contributed by atoms with van der Waals surface area (Å²) < 4.78 is 5.54. The first-order valence-electron chi connectivity index (χ1n) is 8.87. The van der Waals surface area contributed by atoms with E-state index in [-0.39, 0.29) is 0 Å². The maximum Gasteiger partial charge on any atom is 0.205 e. The average Bonchev–Trinajstić information content (AvgIpc) is 2.63. The van der Waals surface area contributed by atoms with Gasteiger partial charge in [-0.2, -0.15) is 0 Å². The minimum Gasteiger partial charge on any atom is -0.490 e. The number of ether oxygens (including phenoxy) is 1. The molecule has 0 saturated heterocycles. The summed E-state index contributed by atoms with van der Waals surface area (Å²) >= 11 is 0. The normalized spacial score (nSPS) is 10.1. The van der Waals surface area contributed by atoms with Crippen LogP contribution in [0.15, 0.2) is 36.7 Å². The van der Waals surface area contributed by atoms with Crippen LogP contribution in [0.3, 0.4) is 0 Å². The maximum absolute atomic E-state index is 5.54. The molecule has 1 aromatic carbocycles. The van der Waals surface area contributed by atoms with E-state index >= 15 is 0 Å². The predicted molar refractivity (Wildman–Crippen MR) is 98.1 cm³/mol. The second-order valence-corrected chi connectivity index (χ2v) is 5.85. The summed E-state index contributed by atoms with van der Waals surface area (Å²) in [5.74, 6) is 7.33. The van der Waals surface area contributed by atoms with Crippen molar-refractivity contribution < 1.29 is 4.74 Å². The molecule has 126 valence electrons. The Bertz CT molecular complexity index is 593. The summed E-state index contributed by atoms with van der Waals surface area (Å²) in [6.45, 7) is 5.07. The molecule has 2 rings (SSSR count). The van der Waals surface area contributed by atoms with E-state index in [1.54, 1.807) is 12.4 Å². The van der Waals surface area contributed by atoms with Crippen LogP contribution in [0.25, 0.3) is 0 Å². The predicted octanol–water partition coefficient (Wildman–Crippen LogP) is 4.79. The number of nitrogens with zero attached hydrogens (tertiary/aromatic N) is 2. The molecular formula is C21H26N2O. The highest BCUT2D eigenvalue weighted by Crippen LogP contribution is 2.09. The van der Waals surface area contributed by atoms with Crippen molar-refractivity contribution in [3.63, 3.8) is 0 Å². The molecule has 1 heterocycles. The molecule has 0 radical (unpaired) electrons. The first-order chi connectivity index (χ1) is 11.8. The summed E-state index contributed by atoms with van der Waals surface area (Å²) in [5.41, 5.74) is 2.36. The zero-order chi connectivity index (χ0) is 17.0. The number of aryl methyl sites for hydroxylation is 1. The summed E-state index contributed by atoms with van der Waals surface area (Å²) in [4.78, 5) is 8.46. The van der Waals surface area contributed by atoms with Crippen molar-refractivity contribution in [2.45, 2.75) is 52.4 Å². The molecule has 0 spiro atoms. The number of hydrogen-bond donors (Lipinski definition) is 0. The van der Waals surface area contributed by atoms with Crippen molar-refractivity contribution in [3.8, 4) is 17.6 Å². The van der Waals surface area contributed by atoms with Gasteiger partial charge in [0, 0.05) is 5.56 Å². The topological polar surface area (TPSA) is 35.0 Å². The Morgan fingerprint density at radius 2 is 1.58 bits per heavy atom. The van der Waals surface area contributed by atoms with E-state index in [1.807, 2.05) is 0 Å². The molecule has 0 fully saturated rings. The number of aromatic nitrogens is 2. The van der Waals surface area contributed by atoms with Crippen molar-refractivity contribution in [2.75, 3.05) is 6.61 Å². The number of benzene rings is 1. The number of rotatable bonds is 8. The highest BCUT2D eigenvalue weighted by Gasteiger charge is 1.96. The lowest BCUT2D eigenvalue weighted by molar-refractivity contribution is 0.307. The standard InChI is InChI=1S/C21H26N2O/c1-3-5-7-8-18-9-11-19(12-10-18)13-14-21-22-16-20(17-23-21)24-15-6-4-2/h9-12,16-17H,3-8,15H2,1-2H3. The highest BCUT2D eigenvalue weighted by atomic mass is 16.5. The fraction of sp³-hybridized carbons (Fsp3) is 0.429. The van der Waals surface area contributed by atoms with Crippen LogP contribution < -0.4 is 4.74 Å². The van der Waals surface area contributed by atoms with E-state index in [9.17, 15) is 0 Å². The molecule has 0 saturated carbocycles. The van der Waals surface area contributed by atoms with Crippen molar-refractivity contribution in [1.29, 1.82) is 0 Å². The third-order valence-corrected chi connectivity index (χ3v) is 3.74.